The Balaban J connectivity index is -0.0000000145. The van der Waals surface area contributed by atoms with Gasteiger partial charge in [-0.15, -0.1) is 0 Å². The molecule has 0 saturated carbocycles. The summed E-state index contributed by atoms with van der Waals surface area (Å²) in [7, 11) is 0. The van der Waals surface area contributed by atoms with Gasteiger partial charge in [-0.2, -0.15) is 0 Å². The standard InChI is InChI=1S/4CHNO.Cr.K/c4*2-1-3;;/h4*3H;;/q;;;;+3;+1/p-4. The Morgan fingerprint density at radius 2 is 0.571 bits per heavy atom. The summed E-state index contributed by atoms with van der Waals surface area (Å²) in [6.07, 6.45) is 2.00. The van der Waals surface area contributed by atoms with E-state index in [0.717, 1.165) is 0 Å². The van der Waals surface area contributed by atoms with Crippen molar-refractivity contribution >= 4 is 0 Å². The Morgan fingerprint density at radius 1 is 0.571 bits per heavy atom. The molecule has 0 unspecified atom stereocenters. The first-order valence-corrected chi connectivity index (χ1v) is 1.71. The molecule has 0 aromatic rings. The maximum atomic E-state index is 8.24. The summed E-state index contributed by atoms with van der Waals surface area (Å²) in [6, 6.07) is 0. The third-order valence-corrected chi connectivity index (χ3v) is 0. The normalized spacial score (nSPS) is 2.00. The zero-order chi connectivity index (χ0) is 10.8. The molecule has 0 aliphatic heterocycles. The molecule has 0 spiro atoms. The van der Waals surface area contributed by atoms with Crippen LogP contribution < -0.4 is 71.8 Å². The third-order valence-electron chi connectivity index (χ3n) is 0. The number of hydrogen-bond acceptors (Lipinski definition) is 8. The molecule has 0 aliphatic rings. The average Bonchev–Trinajstić information content (AvgIpc) is 1.92. The average molecular weight is 259 g/mol. The zero-order valence-electron chi connectivity index (χ0n) is 6.83. The molecule has 10 heteroatoms. The van der Waals surface area contributed by atoms with Crippen molar-refractivity contribution in [3.8, 4) is 25.0 Å². The number of nitrogens with zero attached hydrogens (tertiary/aromatic N) is 4. The number of hydrogen-bond donors (Lipinski definition) is 0. The first-order chi connectivity index (χ1) is 5.66. The van der Waals surface area contributed by atoms with Gasteiger partial charge in [-0.1, -0.05) is 0 Å². The summed E-state index contributed by atoms with van der Waals surface area (Å²) in [5.74, 6) is 0. The summed E-state index contributed by atoms with van der Waals surface area (Å²) in [4.78, 5) is 0. The molecule has 0 atom stereocenters. The molecule has 0 amide bonds. The molecule has 0 aromatic carbocycles. The van der Waals surface area contributed by atoms with Crippen molar-refractivity contribution in [3.05, 3.63) is 0 Å². The predicted molar refractivity (Wildman–Crippen MR) is 22.5 cm³/mol. The van der Waals surface area contributed by atoms with Gasteiger partial charge in [-0.3, -0.25) is 0 Å². The summed E-state index contributed by atoms with van der Waals surface area (Å²) in [5.41, 5.74) is 0. The minimum Gasteiger partial charge on any atom is -0.812 e. The van der Waals surface area contributed by atoms with Crippen LogP contribution in [0.15, 0.2) is 0 Å². The Labute approximate surface area is 133 Å². The second-order valence-corrected chi connectivity index (χ2v) is 0.365. The van der Waals surface area contributed by atoms with Gasteiger partial charge in [0.05, 0.1) is 0 Å². The van der Waals surface area contributed by atoms with Gasteiger partial charge in [-0.05, 0) is 0 Å². The zero-order valence-corrected chi connectivity index (χ0v) is 11.2. The van der Waals surface area contributed by atoms with E-state index < -0.39 is 0 Å². The van der Waals surface area contributed by atoms with E-state index in [1.807, 2.05) is 0 Å². The second kappa shape index (κ2) is 143. The van der Waals surface area contributed by atoms with Crippen LogP contribution in [-0.4, -0.2) is 0 Å². The molecule has 0 heterocycles. The smallest absolute Gasteiger partial charge is 0.812 e. The van der Waals surface area contributed by atoms with Crippen LogP contribution in [0, 0.1) is 46.1 Å². The van der Waals surface area contributed by atoms with Crippen LogP contribution in [0.4, 0.5) is 0 Å². The first-order valence-electron chi connectivity index (χ1n) is 1.71. The van der Waals surface area contributed by atoms with Gasteiger partial charge in [0.1, 0.15) is 0 Å². The van der Waals surface area contributed by atoms with E-state index in [4.69, 9.17) is 41.5 Å². The van der Waals surface area contributed by atoms with Crippen molar-refractivity contribution in [1.82, 2.24) is 0 Å². The van der Waals surface area contributed by atoms with E-state index in [1.165, 1.54) is 0 Å². The van der Waals surface area contributed by atoms with E-state index in [9.17, 15) is 0 Å². The SMILES string of the molecule is N#C[O-].N#C[O-].N#C[O-].N#C[O-].[Cr+3].[K+]. The summed E-state index contributed by atoms with van der Waals surface area (Å²) in [6.45, 7) is 0. The maximum Gasteiger partial charge on any atom is 3.00 e. The Kier molecular flexibility index (Phi) is 385. The number of rotatable bonds is 0. The van der Waals surface area contributed by atoms with Crippen LogP contribution in [0.5, 0.6) is 0 Å². The molecule has 14 heavy (non-hydrogen) atoms. The monoisotopic (exact) mass is 259 g/mol. The maximum absolute atomic E-state index is 8.24. The summed E-state index contributed by atoms with van der Waals surface area (Å²) < 4.78 is 0. The van der Waals surface area contributed by atoms with E-state index in [0.29, 0.717) is 25.0 Å². The largest absolute Gasteiger partial charge is 3.00 e. The van der Waals surface area contributed by atoms with Crippen molar-refractivity contribution in [1.29, 1.82) is 21.0 Å². The molecule has 67 valence electrons. The predicted octanol–water partition coefficient (Wildman–Crippen LogP) is -7.69. The van der Waals surface area contributed by atoms with Crippen molar-refractivity contribution in [2.24, 2.45) is 0 Å². The minimum absolute atomic E-state index is 0. The molecule has 0 aromatic heterocycles. The van der Waals surface area contributed by atoms with Gasteiger partial charge < -0.3 is 20.4 Å². The van der Waals surface area contributed by atoms with Crippen LogP contribution in [-0.2, 0) is 17.4 Å². The molecule has 0 saturated heterocycles. The molecule has 0 fully saturated rings. The first kappa shape index (κ1) is 37.7. The van der Waals surface area contributed by atoms with E-state index in [1.54, 1.807) is 0 Å². The van der Waals surface area contributed by atoms with Crippen LogP contribution in [0.3, 0.4) is 0 Å². The second-order valence-electron chi connectivity index (χ2n) is 0.365. The molecule has 1 radical (unpaired) electrons. The van der Waals surface area contributed by atoms with Gasteiger partial charge in [-0.25, -0.2) is 21.0 Å². The van der Waals surface area contributed by atoms with Crippen molar-refractivity contribution < 1.29 is 89.2 Å². The fourth-order valence-electron chi connectivity index (χ4n) is 0. The van der Waals surface area contributed by atoms with Gasteiger partial charge in [0.2, 0.25) is 0 Å². The summed E-state index contributed by atoms with van der Waals surface area (Å²) in [5, 5.41) is 60.0. The number of nitriles is 4. The van der Waals surface area contributed by atoms with E-state index in [2.05, 4.69) is 0 Å². The quantitative estimate of drug-likeness (QED) is 0.302. The minimum atomic E-state index is 0. The molecule has 0 N–H and O–H groups in total. The Bertz CT molecular complexity index is 163. The van der Waals surface area contributed by atoms with Crippen molar-refractivity contribution in [2.75, 3.05) is 0 Å². The van der Waals surface area contributed by atoms with Gasteiger partial charge >= 0.3 is 68.7 Å². The Morgan fingerprint density at radius 3 is 0.571 bits per heavy atom. The van der Waals surface area contributed by atoms with E-state index in [-0.39, 0.29) is 68.7 Å². The van der Waals surface area contributed by atoms with E-state index >= 15 is 0 Å². The summed E-state index contributed by atoms with van der Waals surface area (Å²) >= 11 is 0. The molecular formula is C4CrKN4O4. The Hall–Kier alpha value is -0.671. The van der Waals surface area contributed by atoms with Crippen LogP contribution in [0.25, 0.3) is 0 Å². The van der Waals surface area contributed by atoms with Crippen molar-refractivity contribution in [3.63, 3.8) is 0 Å². The van der Waals surface area contributed by atoms with Gasteiger partial charge in [0.15, 0.2) is 0 Å². The fourth-order valence-corrected chi connectivity index (χ4v) is 0. The van der Waals surface area contributed by atoms with Crippen LogP contribution in [0.1, 0.15) is 0 Å². The van der Waals surface area contributed by atoms with Crippen LogP contribution >= 0.6 is 0 Å². The topological polar surface area (TPSA) is 187 Å². The van der Waals surface area contributed by atoms with Crippen LogP contribution in [0.2, 0.25) is 0 Å². The molecule has 0 rings (SSSR count). The van der Waals surface area contributed by atoms with Gasteiger partial charge in [0.25, 0.3) is 0 Å². The van der Waals surface area contributed by atoms with Gasteiger partial charge in [0, 0.05) is 25.0 Å². The fraction of sp³-hybridized carbons (Fsp3) is 0. The molecule has 0 aliphatic carbocycles. The third kappa shape index (κ3) is 2680. The molecule has 8 nitrogen and oxygen atoms in total. The molecule has 0 bridgehead atoms. The van der Waals surface area contributed by atoms with Crippen molar-refractivity contribution in [2.45, 2.75) is 0 Å². The molecular weight excluding hydrogens is 259 g/mol.